The lowest BCUT2D eigenvalue weighted by atomic mass is 9.77. The summed E-state index contributed by atoms with van der Waals surface area (Å²) in [6, 6.07) is 10.4. The van der Waals surface area contributed by atoms with Crippen LogP contribution in [0.25, 0.3) is 0 Å². The van der Waals surface area contributed by atoms with Crippen molar-refractivity contribution in [1.82, 2.24) is 15.5 Å². The molecule has 0 radical (unpaired) electrons. The number of nitrogens with one attached hydrogen (secondary N) is 2. The van der Waals surface area contributed by atoms with Gasteiger partial charge in [0.1, 0.15) is 5.75 Å². The Balaban J connectivity index is 1.33. The summed E-state index contributed by atoms with van der Waals surface area (Å²) in [6.07, 6.45) is 6.01. The van der Waals surface area contributed by atoms with Crippen LogP contribution in [0.1, 0.15) is 55.4 Å². The first-order valence-electron chi connectivity index (χ1n) is 11.9. The fraction of sp³-hybridized carbons (Fsp3) is 0.538. The molecule has 1 aromatic carbocycles. The third-order valence-corrected chi connectivity index (χ3v) is 8.34. The van der Waals surface area contributed by atoms with E-state index in [-0.39, 0.29) is 23.4 Å². The number of methoxy groups -OCH3 is 1. The Kier molecular flexibility index (Phi) is 9.97. The lowest BCUT2D eigenvalue weighted by Crippen LogP contribution is -2.48. The minimum atomic E-state index is -0.0221. The number of halogens is 1. The van der Waals surface area contributed by atoms with E-state index < -0.39 is 0 Å². The normalized spacial score (nSPS) is 20.2. The van der Waals surface area contributed by atoms with E-state index in [2.05, 4.69) is 63.1 Å². The van der Waals surface area contributed by atoms with Gasteiger partial charge in [-0.2, -0.15) is 0 Å². The van der Waals surface area contributed by atoms with E-state index >= 15 is 0 Å². The van der Waals surface area contributed by atoms with Gasteiger partial charge >= 0.3 is 0 Å². The van der Waals surface area contributed by atoms with E-state index in [1.54, 1.807) is 7.11 Å². The van der Waals surface area contributed by atoms with E-state index in [9.17, 15) is 9.59 Å². The molecule has 1 heterocycles. The van der Waals surface area contributed by atoms with Gasteiger partial charge in [-0.3, -0.25) is 14.5 Å². The maximum absolute atomic E-state index is 12.4. The summed E-state index contributed by atoms with van der Waals surface area (Å²) in [5.74, 6) is 0.839. The number of carbonyl (C=O) groups excluding carboxylic acids is 2. The number of nitrogens with zero attached hydrogens (tertiary/aromatic N) is 1. The van der Waals surface area contributed by atoms with Crippen LogP contribution in [-0.2, 0) is 21.5 Å². The van der Waals surface area contributed by atoms with Gasteiger partial charge in [-0.25, -0.2) is 0 Å². The molecule has 2 aromatic rings. The lowest BCUT2D eigenvalue weighted by molar-refractivity contribution is -0.123. The van der Waals surface area contributed by atoms with Crippen molar-refractivity contribution in [2.75, 3.05) is 27.7 Å². The minimum Gasteiger partial charge on any atom is -0.496 e. The van der Waals surface area contributed by atoms with Crippen LogP contribution < -0.4 is 15.4 Å². The minimum absolute atomic E-state index is 0.0221. The van der Waals surface area contributed by atoms with Crippen LogP contribution in [0, 0.1) is 0 Å². The number of thiophene rings is 1. The van der Waals surface area contributed by atoms with Gasteiger partial charge < -0.3 is 15.4 Å². The third-order valence-electron chi connectivity index (χ3n) is 6.78. The number of ether oxygens (including phenoxy) is 1. The molecule has 0 saturated heterocycles. The molecule has 1 aliphatic carbocycles. The van der Waals surface area contributed by atoms with E-state index in [0.29, 0.717) is 32.2 Å². The van der Waals surface area contributed by atoms with Gasteiger partial charge in [0.25, 0.3) is 0 Å². The summed E-state index contributed by atoms with van der Waals surface area (Å²) in [5.41, 5.74) is 1.12. The average molecular weight is 551 g/mol. The second kappa shape index (κ2) is 12.7. The molecule has 186 valence electrons. The second-order valence-electron chi connectivity index (χ2n) is 9.15. The maximum Gasteiger partial charge on any atom is 0.220 e. The number of rotatable bonds is 11. The van der Waals surface area contributed by atoms with Gasteiger partial charge in [-0.1, -0.05) is 22.0 Å². The molecule has 1 saturated carbocycles. The fourth-order valence-corrected chi connectivity index (χ4v) is 6.25. The number of carbonyl (C=O) groups is 2. The molecule has 1 aliphatic rings. The molecule has 2 amide bonds. The second-order valence-corrected chi connectivity index (χ2v) is 11.0. The van der Waals surface area contributed by atoms with Gasteiger partial charge in [0.15, 0.2) is 0 Å². The molecule has 34 heavy (non-hydrogen) atoms. The van der Waals surface area contributed by atoms with Crippen LogP contribution >= 0.6 is 27.3 Å². The molecule has 1 aromatic heterocycles. The highest BCUT2D eigenvalue weighted by Crippen LogP contribution is 2.43. The first kappa shape index (κ1) is 26.7. The van der Waals surface area contributed by atoms with Crippen molar-refractivity contribution in [2.45, 2.75) is 62.9 Å². The fourth-order valence-electron chi connectivity index (χ4n) is 4.77. The van der Waals surface area contributed by atoms with Crippen LogP contribution in [-0.4, -0.2) is 50.5 Å². The summed E-state index contributed by atoms with van der Waals surface area (Å²) in [7, 11) is 5.95. The van der Waals surface area contributed by atoms with E-state index in [4.69, 9.17) is 4.74 Å². The van der Waals surface area contributed by atoms with Gasteiger partial charge in [0.2, 0.25) is 11.8 Å². The van der Waals surface area contributed by atoms with Crippen LogP contribution in [0.3, 0.4) is 0 Å². The lowest BCUT2D eigenvalue weighted by Gasteiger charge is -2.44. The number of amides is 2. The average Bonchev–Trinajstić information content (AvgIpc) is 3.35. The van der Waals surface area contributed by atoms with Crippen molar-refractivity contribution >= 4 is 39.1 Å². The van der Waals surface area contributed by atoms with Gasteiger partial charge in [-0.15, -0.1) is 11.3 Å². The predicted molar refractivity (Wildman–Crippen MR) is 141 cm³/mol. The number of hydrogen-bond donors (Lipinski definition) is 2. The Morgan fingerprint density at radius 3 is 2.56 bits per heavy atom. The smallest absolute Gasteiger partial charge is 0.220 e. The molecule has 1 fully saturated rings. The van der Waals surface area contributed by atoms with Crippen molar-refractivity contribution in [3.63, 3.8) is 0 Å². The van der Waals surface area contributed by atoms with E-state index in [1.165, 1.54) is 4.88 Å². The van der Waals surface area contributed by atoms with Gasteiger partial charge in [0.05, 0.1) is 12.6 Å². The maximum atomic E-state index is 12.4. The monoisotopic (exact) mass is 549 g/mol. The molecule has 0 atom stereocenters. The van der Waals surface area contributed by atoms with Crippen molar-refractivity contribution < 1.29 is 14.3 Å². The zero-order valence-electron chi connectivity index (χ0n) is 20.4. The first-order valence-corrected chi connectivity index (χ1v) is 13.6. The first-order chi connectivity index (χ1) is 16.3. The molecule has 6 nitrogen and oxygen atoms in total. The summed E-state index contributed by atoms with van der Waals surface area (Å²) in [4.78, 5) is 28.4. The van der Waals surface area contributed by atoms with E-state index in [0.717, 1.165) is 41.5 Å². The molecule has 8 heteroatoms. The highest BCUT2D eigenvalue weighted by molar-refractivity contribution is 9.10. The number of hydrogen-bond acceptors (Lipinski definition) is 5. The van der Waals surface area contributed by atoms with Crippen molar-refractivity contribution in [2.24, 2.45) is 0 Å². The molecule has 0 bridgehead atoms. The van der Waals surface area contributed by atoms with Crippen LogP contribution in [0.5, 0.6) is 5.75 Å². The Morgan fingerprint density at radius 1 is 1.18 bits per heavy atom. The van der Waals surface area contributed by atoms with Gasteiger partial charge in [-0.05, 0) is 87.8 Å². The summed E-state index contributed by atoms with van der Waals surface area (Å²) in [6.45, 7) is 0.539. The Hall–Kier alpha value is -1.90. The third kappa shape index (κ3) is 7.06. The zero-order chi connectivity index (χ0) is 24.6. The van der Waals surface area contributed by atoms with Crippen molar-refractivity contribution in [3.8, 4) is 5.75 Å². The molecular formula is C26H36BrN3O3S. The molecule has 3 rings (SSSR count). The Labute approximate surface area is 215 Å². The van der Waals surface area contributed by atoms with E-state index in [1.807, 2.05) is 29.5 Å². The summed E-state index contributed by atoms with van der Waals surface area (Å²) in [5, 5.41) is 8.28. The van der Waals surface area contributed by atoms with Crippen molar-refractivity contribution in [1.29, 1.82) is 0 Å². The summed E-state index contributed by atoms with van der Waals surface area (Å²) >= 11 is 5.28. The molecule has 0 aliphatic heterocycles. The predicted octanol–water partition coefficient (Wildman–Crippen LogP) is 4.86. The Morgan fingerprint density at radius 2 is 1.91 bits per heavy atom. The van der Waals surface area contributed by atoms with Crippen LogP contribution in [0.2, 0.25) is 0 Å². The van der Waals surface area contributed by atoms with Crippen LogP contribution in [0.4, 0.5) is 0 Å². The van der Waals surface area contributed by atoms with Gasteiger partial charge in [0, 0.05) is 34.8 Å². The number of benzene rings is 1. The summed E-state index contributed by atoms with van der Waals surface area (Å²) < 4.78 is 6.36. The largest absolute Gasteiger partial charge is 0.496 e. The topological polar surface area (TPSA) is 70.7 Å². The van der Waals surface area contributed by atoms with Crippen LogP contribution in [0.15, 0.2) is 40.2 Å². The highest BCUT2D eigenvalue weighted by Gasteiger charge is 2.39. The molecular weight excluding hydrogens is 514 g/mol. The Bertz CT molecular complexity index is 941. The zero-order valence-corrected chi connectivity index (χ0v) is 22.8. The quantitative estimate of drug-likeness (QED) is 0.419. The molecule has 2 N–H and O–H groups in total. The SMILES string of the molecule is COc1ccc(Br)cc1CCNC(=O)CCCC(=O)NC1CCC(c2cccs2)(N(C)C)CC1. The standard InChI is InChI=1S/C26H36BrN3O3S/c1-30(2)26(23-6-5-17-34-23)14-11-21(12-15-26)29-25(32)8-4-7-24(31)28-16-13-19-18-20(27)9-10-22(19)33-3/h5-6,9-10,17-18,21H,4,7-8,11-16H2,1-3H3,(H,28,31)(H,29,32). The van der Waals surface area contributed by atoms with Crippen molar-refractivity contribution in [3.05, 3.63) is 50.6 Å². The highest BCUT2D eigenvalue weighted by atomic mass is 79.9. The molecule has 0 spiro atoms. The molecule has 0 unspecified atom stereocenters.